The van der Waals surface area contributed by atoms with Gasteiger partial charge >= 0.3 is 0 Å². The summed E-state index contributed by atoms with van der Waals surface area (Å²) in [6.45, 7) is 5.03. The Bertz CT molecular complexity index is 462. The highest BCUT2D eigenvalue weighted by atomic mass is 79.9. The molecule has 0 fully saturated rings. The van der Waals surface area contributed by atoms with E-state index in [0.717, 1.165) is 33.3 Å². The van der Waals surface area contributed by atoms with Gasteiger partial charge in [-0.3, -0.25) is 4.68 Å². The van der Waals surface area contributed by atoms with E-state index in [1.165, 1.54) is 11.3 Å². The van der Waals surface area contributed by atoms with Gasteiger partial charge in [-0.2, -0.15) is 5.10 Å². The molecule has 0 atom stereocenters. The summed E-state index contributed by atoms with van der Waals surface area (Å²) in [4.78, 5) is 0. The molecule has 0 aliphatic carbocycles. The maximum atomic E-state index is 4.47. The maximum absolute atomic E-state index is 4.47. The molecule has 80 valence electrons. The van der Waals surface area contributed by atoms with Crippen molar-refractivity contribution in [1.29, 1.82) is 0 Å². The van der Waals surface area contributed by atoms with E-state index in [1.807, 2.05) is 4.68 Å². The van der Waals surface area contributed by atoms with Gasteiger partial charge in [-0.15, -0.1) is 10.2 Å². The van der Waals surface area contributed by atoms with Crippen molar-refractivity contribution >= 4 is 27.3 Å². The van der Waals surface area contributed by atoms with Gasteiger partial charge < -0.3 is 0 Å². The molecule has 0 N–H and O–H groups in total. The Labute approximate surface area is 100 Å². The summed E-state index contributed by atoms with van der Waals surface area (Å²) in [6.07, 6.45) is 0.944. The fourth-order valence-corrected chi connectivity index (χ4v) is 2.50. The molecule has 0 aliphatic heterocycles. The summed E-state index contributed by atoms with van der Waals surface area (Å²) in [7, 11) is 0. The lowest BCUT2D eigenvalue weighted by atomic mass is 10.3. The van der Waals surface area contributed by atoms with Gasteiger partial charge in [0.15, 0.2) is 8.92 Å². The summed E-state index contributed by atoms with van der Waals surface area (Å²) in [5.74, 6) is 0. The average molecular weight is 287 g/mol. The van der Waals surface area contributed by atoms with Crippen LogP contribution in [0.1, 0.15) is 19.5 Å². The summed E-state index contributed by atoms with van der Waals surface area (Å²) >= 11 is 4.84. The lowest BCUT2D eigenvalue weighted by Crippen LogP contribution is -1.99. The van der Waals surface area contributed by atoms with Gasteiger partial charge in [0.1, 0.15) is 0 Å². The molecule has 0 saturated heterocycles. The maximum Gasteiger partial charge on any atom is 0.183 e. The topological polar surface area (TPSA) is 43.6 Å². The van der Waals surface area contributed by atoms with Crippen LogP contribution in [0.4, 0.5) is 0 Å². The van der Waals surface area contributed by atoms with Crippen LogP contribution in [0.15, 0.2) is 9.98 Å². The average Bonchev–Trinajstić information content (AvgIpc) is 2.82. The van der Waals surface area contributed by atoms with Gasteiger partial charge in [-0.25, -0.2) is 0 Å². The van der Waals surface area contributed by atoms with Crippen molar-refractivity contribution in [3.05, 3.63) is 15.7 Å². The Morgan fingerprint density at radius 3 is 2.73 bits per heavy atom. The second-order valence-electron chi connectivity index (χ2n) is 3.05. The normalized spacial score (nSPS) is 10.9. The summed E-state index contributed by atoms with van der Waals surface area (Å²) in [5, 5.41) is 13.4. The molecule has 2 heterocycles. The molecule has 2 aromatic rings. The molecule has 0 unspecified atom stereocenters. The van der Waals surface area contributed by atoms with Gasteiger partial charge in [0, 0.05) is 6.54 Å². The number of hydrogen-bond donors (Lipinski definition) is 0. The van der Waals surface area contributed by atoms with E-state index in [-0.39, 0.29) is 0 Å². The van der Waals surface area contributed by atoms with Crippen molar-refractivity contribution in [3.8, 4) is 10.7 Å². The SMILES string of the molecule is CCc1cc(-c2nnc(Br)s2)n(CC)n1. The molecule has 0 amide bonds. The zero-order valence-electron chi connectivity index (χ0n) is 8.57. The number of nitrogens with zero attached hydrogens (tertiary/aromatic N) is 4. The Kier molecular flexibility index (Phi) is 3.16. The molecule has 0 saturated carbocycles. The Balaban J connectivity index is 2.46. The zero-order valence-corrected chi connectivity index (χ0v) is 11.0. The van der Waals surface area contributed by atoms with E-state index in [4.69, 9.17) is 0 Å². The third kappa shape index (κ3) is 2.10. The van der Waals surface area contributed by atoms with Gasteiger partial charge in [0.05, 0.1) is 11.4 Å². The first kappa shape index (κ1) is 10.8. The molecule has 0 radical (unpaired) electrons. The minimum absolute atomic E-state index is 0.805. The molecule has 2 aromatic heterocycles. The van der Waals surface area contributed by atoms with E-state index < -0.39 is 0 Å². The molecule has 0 aliphatic rings. The second kappa shape index (κ2) is 4.40. The van der Waals surface area contributed by atoms with Gasteiger partial charge in [-0.1, -0.05) is 18.3 Å². The number of hydrogen-bond acceptors (Lipinski definition) is 4. The van der Waals surface area contributed by atoms with E-state index in [2.05, 4.69) is 51.1 Å². The molecule has 6 heteroatoms. The highest BCUT2D eigenvalue weighted by molar-refractivity contribution is 9.11. The van der Waals surface area contributed by atoms with E-state index in [9.17, 15) is 0 Å². The lowest BCUT2D eigenvalue weighted by Gasteiger charge is -1.98. The van der Waals surface area contributed by atoms with Crippen LogP contribution in [0, 0.1) is 0 Å². The van der Waals surface area contributed by atoms with E-state index in [1.54, 1.807) is 0 Å². The van der Waals surface area contributed by atoms with Crippen molar-refractivity contribution in [3.63, 3.8) is 0 Å². The van der Waals surface area contributed by atoms with E-state index >= 15 is 0 Å². The first-order valence-corrected chi connectivity index (χ1v) is 6.41. The van der Waals surface area contributed by atoms with Crippen LogP contribution in [-0.2, 0) is 13.0 Å². The largest absolute Gasteiger partial charge is 0.262 e. The zero-order chi connectivity index (χ0) is 10.8. The highest BCUT2D eigenvalue weighted by Gasteiger charge is 2.12. The number of rotatable bonds is 3. The predicted molar refractivity (Wildman–Crippen MR) is 63.9 cm³/mol. The van der Waals surface area contributed by atoms with Crippen LogP contribution >= 0.6 is 27.3 Å². The molecular formula is C9H11BrN4S. The number of halogens is 1. The molecule has 4 nitrogen and oxygen atoms in total. The van der Waals surface area contributed by atoms with Gasteiger partial charge in [-0.05, 0) is 35.3 Å². The Morgan fingerprint density at radius 1 is 1.40 bits per heavy atom. The molecular weight excluding hydrogens is 276 g/mol. The molecule has 0 bridgehead atoms. The van der Waals surface area contributed by atoms with Crippen LogP contribution < -0.4 is 0 Å². The Hall–Kier alpha value is -0.750. The third-order valence-corrected chi connectivity index (χ3v) is 3.49. The van der Waals surface area contributed by atoms with Crippen LogP contribution in [0.2, 0.25) is 0 Å². The van der Waals surface area contributed by atoms with E-state index in [0.29, 0.717) is 0 Å². The quantitative estimate of drug-likeness (QED) is 0.871. The van der Waals surface area contributed by atoms with Crippen LogP contribution in [0.25, 0.3) is 10.7 Å². The fraction of sp³-hybridized carbons (Fsp3) is 0.444. The Morgan fingerprint density at radius 2 is 2.20 bits per heavy atom. The molecule has 15 heavy (non-hydrogen) atoms. The standard InChI is InChI=1S/C9H11BrN4S/c1-3-6-5-7(14(4-2)13-6)8-11-12-9(10)15-8/h5H,3-4H2,1-2H3. The van der Waals surface area contributed by atoms with Crippen molar-refractivity contribution in [2.75, 3.05) is 0 Å². The van der Waals surface area contributed by atoms with Crippen molar-refractivity contribution < 1.29 is 0 Å². The second-order valence-corrected chi connectivity index (χ2v) is 5.30. The summed E-state index contributed by atoms with van der Waals surface area (Å²) < 4.78 is 2.77. The van der Waals surface area contributed by atoms with Gasteiger partial charge in [0.2, 0.25) is 0 Å². The predicted octanol–water partition coefficient (Wildman–Crippen LogP) is 2.75. The molecule has 0 spiro atoms. The highest BCUT2D eigenvalue weighted by Crippen LogP contribution is 2.27. The fourth-order valence-electron chi connectivity index (χ4n) is 1.36. The van der Waals surface area contributed by atoms with Crippen LogP contribution in [-0.4, -0.2) is 20.0 Å². The van der Waals surface area contributed by atoms with Crippen LogP contribution in [0.5, 0.6) is 0 Å². The third-order valence-electron chi connectivity index (χ3n) is 2.11. The van der Waals surface area contributed by atoms with Gasteiger partial charge in [0.25, 0.3) is 0 Å². The molecule has 2 rings (SSSR count). The van der Waals surface area contributed by atoms with Crippen molar-refractivity contribution in [2.24, 2.45) is 0 Å². The van der Waals surface area contributed by atoms with Crippen LogP contribution in [0.3, 0.4) is 0 Å². The van der Waals surface area contributed by atoms with Crippen molar-refractivity contribution in [2.45, 2.75) is 26.8 Å². The monoisotopic (exact) mass is 286 g/mol. The first-order chi connectivity index (χ1) is 7.24. The minimum atomic E-state index is 0.805. The first-order valence-electron chi connectivity index (χ1n) is 4.80. The smallest absolute Gasteiger partial charge is 0.183 e. The lowest BCUT2D eigenvalue weighted by molar-refractivity contribution is 0.654. The van der Waals surface area contributed by atoms with Crippen molar-refractivity contribution in [1.82, 2.24) is 20.0 Å². The summed E-state index contributed by atoms with van der Waals surface area (Å²) in [5.41, 5.74) is 2.15. The minimum Gasteiger partial charge on any atom is -0.262 e. The summed E-state index contributed by atoms with van der Waals surface area (Å²) in [6, 6.07) is 2.08. The molecule has 0 aromatic carbocycles. The number of aryl methyl sites for hydroxylation is 2. The number of aromatic nitrogens is 4.